The Kier molecular flexibility index (Phi) is 1.53. The van der Waals surface area contributed by atoms with E-state index in [2.05, 4.69) is 11.1 Å². The van der Waals surface area contributed by atoms with E-state index in [1.165, 1.54) is 5.56 Å². The molecule has 1 atom stereocenters. The van der Waals surface area contributed by atoms with Crippen molar-refractivity contribution in [2.45, 2.75) is 25.2 Å². The Bertz CT molecular complexity index is 264. The Hall–Kier alpha value is -1.05. The van der Waals surface area contributed by atoms with Crippen LogP contribution in [0.25, 0.3) is 0 Å². The minimum atomic E-state index is 0.133. The lowest BCUT2D eigenvalue weighted by molar-refractivity contribution is -0.109. The van der Waals surface area contributed by atoms with Gasteiger partial charge in [0, 0.05) is 11.9 Å². The maximum atomic E-state index is 10.6. The fraction of sp³-hybridized carbons (Fsp3) is 0.444. The van der Waals surface area contributed by atoms with Crippen LogP contribution in [0.15, 0.2) is 12.3 Å². The van der Waals surface area contributed by atoms with E-state index in [9.17, 15) is 4.79 Å². The lowest BCUT2D eigenvalue weighted by Crippen LogP contribution is -2.09. The molecule has 0 aliphatic heterocycles. The minimum absolute atomic E-state index is 0.133. The van der Waals surface area contributed by atoms with E-state index in [0.717, 1.165) is 31.2 Å². The van der Waals surface area contributed by atoms with Crippen LogP contribution in [0.3, 0.4) is 0 Å². The van der Waals surface area contributed by atoms with Crippen molar-refractivity contribution in [1.82, 2.24) is 4.98 Å². The molecular weight excluding hydrogens is 138 g/mol. The standard InChI is InChI=1S/C9H11NO/c11-6-8-3-1-2-7-4-5-10-9(7)8/h4-6,8,10H,1-3H2. The number of hydrogen-bond donors (Lipinski definition) is 1. The summed E-state index contributed by atoms with van der Waals surface area (Å²) in [4.78, 5) is 13.7. The second kappa shape index (κ2) is 2.53. The molecule has 11 heavy (non-hydrogen) atoms. The van der Waals surface area contributed by atoms with Crippen LogP contribution in [-0.4, -0.2) is 11.3 Å². The molecule has 0 amide bonds. The summed E-state index contributed by atoms with van der Waals surface area (Å²) in [6, 6.07) is 2.07. The number of hydrogen-bond acceptors (Lipinski definition) is 1. The van der Waals surface area contributed by atoms with Crippen LogP contribution in [0, 0.1) is 0 Å². The number of nitrogens with one attached hydrogen (secondary N) is 1. The summed E-state index contributed by atoms with van der Waals surface area (Å²) in [5.74, 6) is 0.133. The fourth-order valence-corrected chi connectivity index (χ4v) is 1.77. The summed E-state index contributed by atoms with van der Waals surface area (Å²) in [5.41, 5.74) is 2.47. The summed E-state index contributed by atoms with van der Waals surface area (Å²) in [6.07, 6.45) is 6.26. The molecule has 0 spiro atoms. The van der Waals surface area contributed by atoms with Crippen molar-refractivity contribution >= 4 is 6.29 Å². The molecule has 0 saturated carbocycles. The van der Waals surface area contributed by atoms with Gasteiger partial charge in [0.1, 0.15) is 6.29 Å². The van der Waals surface area contributed by atoms with Gasteiger partial charge in [0.25, 0.3) is 0 Å². The van der Waals surface area contributed by atoms with E-state index in [4.69, 9.17) is 0 Å². The van der Waals surface area contributed by atoms with E-state index in [1.807, 2.05) is 6.20 Å². The van der Waals surface area contributed by atoms with Gasteiger partial charge in [-0.25, -0.2) is 0 Å². The Balaban J connectivity index is 2.39. The molecule has 1 aliphatic carbocycles. The number of aromatic nitrogens is 1. The molecule has 1 aromatic heterocycles. The molecule has 0 radical (unpaired) electrons. The Morgan fingerprint density at radius 2 is 2.55 bits per heavy atom. The highest BCUT2D eigenvalue weighted by Gasteiger charge is 2.19. The van der Waals surface area contributed by atoms with Gasteiger partial charge in [-0.05, 0) is 30.9 Å². The van der Waals surface area contributed by atoms with Gasteiger partial charge in [-0.1, -0.05) is 0 Å². The number of rotatable bonds is 1. The highest BCUT2D eigenvalue weighted by Crippen LogP contribution is 2.28. The van der Waals surface area contributed by atoms with Gasteiger partial charge < -0.3 is 9.78 Å². The molecule has 0 aromatic carbocycles. The average molecular weight is 149 g/mol. The molecule has 0 bridgehead atoms. The van der Waals surface area contributed by atoms with E-state index in [1.54, 1.807) is 0 Å². The van der Waals surface area contributed by atoms with Gasteiger partial charge >= 0.3 is 0 Å². The van der Waals surface area contributed by atoms with Gasteiger partial charge in [0.15, 0.2) is 0 Å². The van der Waals surface area contributed by atoms with E-state index >= 15 is 0 Å². The predicted molar refractivity (Wildman–Crippen MR) is 42.5 cm³/mol. The van der Waals surface area contributed by atoms with Gasteiger partial charge in [0.2, 0.25) is 0 Å². The zero-order valence-corrected chi connectivity index (χ0v) is 6.34. The highest BCUT2D eigenvalue weighted by molar-refractivity contribution is 5.62. The molecule has 1 unspecified atom stereocenters. The first kappa shape index (κ1) is 6.65. The Morgan fingerprint density at radius 1 is 1.64 bits per heavy atom. The van der Waals surface area contributed by atoms with Crippen molar-refractivity contribution in [3.63, 3.8) is 0 Å². The van der Waals surface area contributed by atoms with Gasteiger partial charge in [-0.2, -0.15) is 0 Å². The summed E-state index contributed by atoms with van der Waals surface area (Å²) in [7, 11) is 0. The van der Waals surface area contributed by atoms with Crippen molar-refractivity contribution < 1.29 is 4.79 Å². The summed E-state index contributed by atoms with van der Waals surface area (Å²) >= 11 is 0. The normalized spacial score (nSPS) is 22.7. The average Bonchev–Trinajstić information content (AvgIpc) is 2.50. The molecular formula is C9H11NO. The van der Waals surface area contributed by atoms with Crippen molar-refractivity contribution in [3.05, 3.63) is 23.5 Å². The lowest BCUT2D eigenvalue weighted by atomic mass is 9.89. The quantitative estimate of drug-likeness (QED) is 0.605. The maximum Gasteiger partial charge on any atom is 0.128 e. The van der Waals surface area contributed by atoms with Crippen LogP contribution >= 0.6 is 0 Å². The van der Waals surface area contributed by atoms with Crippen LogP contribution in [-0.2, 0) is 11.2 Å². The van der Waals surface area contributed by atoms with E-state index in [-0.39, 0.29) is 5.92 Å². The van der Waals surface area contributed by atoms with Crippen LogP contribution in [0.4, 0.5) is 0 Å². The third-order valence-electron chi connectivity index (χ3n) is 2.37. The maximum absolute atomic E-state index is 10.6. The number of aromatic amines is 1. The first-order chi connectivity index (χ1) is 5.42. The van der Waals surface area contributed by atoms with Gasteiger partial charge in [-0.3, -0.25) is 0 Å². The number of fused-ring (bicyclic) bond motifs is 1. The minimum Gasteiger partial charge on any atom is -0.364 e. The Labute approximate surface area is 65.6 Å². The first-order valence-corrected chi connectivity index (χ1v) is 4.03. The van der Waals surface area contributed by atoms with Crippen LogP contribution in [0.1, 0.15) is 30.0 Å². The predicted octanol–water partition coefficient (Wildman–Crippen LogP) is 1.63. The van der Waals surface area contributed by atoms with Crippen molar-refractivity contribution in [3.8, 4) is 0 Å². The fourth-order valence-electron chi connectivity index (χ4n) is 1.77. The topological polar surface area (TPSA) is 32.9 Å². The molecule has 58 valence electrons. The monoisotopic (exact) mass is 149 g/mol. The number of aldehydes is 1. The third-order valence-corrected chi connectivity index (χ3v) is 2.37. The second-order valence-electron chi connectivity index (χ2n) is 3.05. The third kappa shape index (κ3) is 0.985. The molecule has 2 rings (SSSR count). The molecule has 1 aromatic rings. The zero-order valence-electron chi connectivity index (χ0n) is 6.34. The molecule has 1 heterocycles. The van der Waals surface area contributed by atoms with E-state index in [0.29, 0.717) is 0 Å². The Morgan fingerprint density at radius 3 is 3.36 bits per heavy atom. The lowest BCUT2D eigenvalue weighted by Gasteiger charge is -2.16. The summed E-state index contributed by atoms with van der Waals surface area (Å²) < 4.78 is 0. The summed E-state index contributed by atoms with van der Waals surface area (Å²) in [5, 5.41) is 0. The van der Waals surface area contributed by atoms with Crippen molar-refractivity contribution in [1.29, 1.82) is 0 Å². The molecule has 2 nitrogen and oxygen atoms in total. The number of H-pyrrole nitrogens is 1. The van der Waals surface area contributed by atoms with Crippen LogP contribution in [0.2, 0.25) is 0 Å². The first-order valence-electron chi connectivity index (χ1n) is 4.03. The van der Waals surface area contributed by atoms with E-state index < -0.39 is 0 Å². The zero-order chi connectivity index (χ0) is 7.68. The number of carbonyl (C=O) groups excluding carboxylic acids is 1. The molecule has 0 saturated heterocycles. The van der Waals surface area contributed by atoms with Crippen LogP contribution < -0.4 is 0 Å². The van der Waals surface area contributed by atoms with Crippen molar-refractivity contribution in [2.24, 2.45) is 0 Å². The molecule has 2 heteroatoms. The smallest absolute Gasteiger partial charge is 0.128 e. The number of aryl methyl sites for hydroxylation is 1. The van der Waals surface area contributed by atoms with Gasteiger partial charge in [-0.15, -0.1) is 0 Å². The highest BCUT2D eigenvalue weighted by atomic mass is 16.1. The number of carbonyl (C=O) groups is 1. The summed E-state index contributed by atoms with van der Waals surface area (Å²) in [6.45, 7) is 0. The molecule has 1 aliphatic rings. The SMILES string of the molecule is O=CC1CCCc2cc[nH]c21. The second-order valence-corrected chi connectivity index (χ2v) is 3.05. The molecule has 1 N–H and O–H groups in total. The largest absolute Gasteiger partial charge is 0.364 e. The van der Waals surface area contributed by atoms with Gasteiger partial charge in [0.05, 0.1) is 5.92 Å². The van der Waals surface area contributed by atoms with Crippen molar-refractivity contribution in [2.75, 3.05) is 0 Å². The van der Waals surface area contributed by atoms with Crippen LogP contribution in [0.5, 0.6) is 0 Å². The molecule has 0 fully saturated rings.